The number of halogens is 2. The summed E-state index contributed by atoms with van der Waals surface area (Å²) in [7, 11) is 0. The van der Waals surface area contributed by atoms with E-state index in [-0.39, 0.29) is 0 Å². The van der Waals surface area contributed by atoms with Gasteiger partial charge in [0.25, 0.3) is 0 Å². The van der Waals surface area contributed by atoms with E-state index < -0.39 is 0 Å². The minimum Gasteiger partial charge on any atom is -0.370 e. The predicted octanol–water partition coefficient (Wildman–Crippen LogP) is 5.01. The number of hydrogen-bond acceptors (Lipinski definition) is 4. The van der Waals surface area contributed by atoms with Crippen molar-refractivity contribution in [2.45, 2.75) is 26.7 Å². The quantitative estimate of drug-likeness (QED) is 0.815. The molecule has 0 atom stereocenters. The lowest BCUT2D eigenvalue weighted by atomic mass is 10.2. The number of anilines is 1. The monoisotopic (exact) mass is 359 g/mol. The fourth-order valence-electron chi connectivity index (χ4n) is 1.72. The van der Waals surface area contributed by atoms with Crippen LogP contribution in [0.25, 0.3) is 10.7 Å². The van der Waals surface area contributed by atoms with Crippen LogP contribution in [-0.4, -0.2) is 16.5 Å². The van der Waals surface area contributed by atoms with Crippen molar-refractivity contribution < 1.29 is 0 Å². The van der Waals surface area contributed by atoms with Gasteiger partial charge < -0.3 is 5.32 Å². The van der Waals surface area contributed by atoms with Crippen molar-refractivity contribution in [1.29, 1.82) is 0 Å². The molecule has 0 unspecified atom stereocenters. The maximum atomic E-state index is 6.08. The zero-order valence-electron chi connectivity index (χ0n) is 10.8. The third-order valence-electron chi connectivity index (χ3n) is 2.51. The molecule has 0 radical (unpaired) electrons. The molecule has 2 aromatic heterocycles. The van der Waals surface area contributed by atoms with E-state index >= 15 is 0 Å². The van der Waals surface area contributed by atoms with Crippen LogP contribution < -0.4 is 5.32 Å². The molecular formula is C13H15BrClN3S. The molecule has 0 amide bonds. The molecule has 2 aromatic rings. The van der Waals surface area contributed by atoms with E-state index in [1.165, 1.54) is 11.3 Å². The third-order valence-corrected chi connectivity index (χ3v) is 4.98. The highest BCUT2D eigenvalue weighted by molar-refractivity contribution is 9.10. The molecule has 102 valence electrons. The number of aromatic nitrogens is 2. The number of nitrogens with one attached hydrogen (secondary N) is 1. The van der Waals surface area contributed by atoms with Crippen molar-refractivity contribution in [2.75, 3.05) is 11.9 Å². The molecule has 19 heavy (non-hydrogen) atoms. The number of nitrogens with zero attached hydrogens (tertiary/aromatic N) is 2. The molecule has 0 aliphatic rings. The standard InChI is InChI=1S/C13H15BrClN3S/c1-3-5-8-6-11(16-4-2)18-13(17-8)10-7-9(14)12(15)19-10/h6-7H,3-5H2,1-2H3,(H,16,17,18). The maximum absolute atomic E-state index is 6.08. The lowest BCUT2D eigenvalue weighted by molar-refractivity contribution is 0.875. The molecule has 0 saturated carbocycles. The number of rotatable bonds is 5. The van der Waals surface area contributed by atoms with Crippen molar-refractivity contribution in [3.8, 4) is 10.7 Å². The molecule has 0 fully saturated rings. The molecule has 0 bridgehead atoms. The van der Waals surface area contributed by atoms with Crippen molar-refractivity contribution in [3.63, 3.8) is 0 Å². The highest BCUT2D eigenvalue weighted by atomic mass is 79.9. The maximum Gasteiger partial charge on any atom is 0.171 e. The molecule has 6 heteroatoms. The fourth-order valence-corrected chi connectivity index (χ4v) is 3.36. The van der Waals surface area contributed by atoms with Crippen molar-refractivity contribution in [3.05, 3.63) is 26.6 Å². The first-order chi connectivity index (χ1) is 9.13. The van der Waals surface area contributed by atoms with E-state index in [9.17, 15) is 0 Å². The molecule has 0 spiro atoms. The van der Waals surface area contributed by atoms with Gasteiger partial charge in [0.1, 0.15) is 10.2 Å². The molecule has 2 heterocycles. The summed E-state index contributed by atoms with van der Waals surface area (Å²) in [6, 6.07) is 3.98. The number of thiophene rings is 1. The first-order valence-electron chi connectivity index (χ1n) is 6.21. The Hall–Kier alpha value is -0.650. The van der Waals surface area contributed by atoms with Gasteiger partial charge in [0.15, 0.2) is 5.82 Å². The Morgan fingerprint density at radius 3 is 2.68 bits per heavy atom. The minimum atomic E-state index is 0.726. The van der Waals surface area contributed by atoms with Crippen molar-refractivity contribution in [2.24, 2.45) is 0 Å². The lowest BCUT2D eigenvalue weighted by Gasteiger charge is -2.07. The van der Waals surface area contributed by atoms with Gasteiger partial charge in [-0.15, -0.1) is 11.3 Å². The SMILES string of the molecule is CCCc1cc(NCC)nc(-c2cc(Br)c(Cl)s2)n1. The molecule has 1 N–H and O–H groups in total. The second-order valence-corrected chi connectivity index (χ2v) is 6.59. The Kier molecular flexibility index (Phi) is 5.19. The predicted molar refractivity (Wildman–Crippen MR) is 86.2 cm³/mol. The molecular weight excluding hydrogens is 346 g/mol. The Morgan fingerprint density at radius 2 is 2.11 bits per heavy atom. The summed E-state index contributed by atoms with van der Waals surface area (Å²) < 4.78 is 1.62. The second-order valence-electron chi connectivity index (χ2n) is 4.08. The van der Waals surface area contributed by atoms with E-state index in [1.807, 2.05) is 12.1 Å². The van der Waals surface area contributed by atoms with Crippen LogP contribution in [0.3, 0.4) is 0 Å². The topological polar surface area (TPSA) is 37.8 Å². The highest BCUT2D eigenvalue weighted by Crippen LogP contribution is 2.37. The van der Waals surface area contributed by atoms with Gasteiger partial charge in [0.2, 0.25) is 0 Å². The van der Waals surface area contributed by atoms with E-state index in [0.29, 0.717) is 0 Å². The van der Waals surface area contributed by atoms with Crippen LogP contribution in [0.1, 0.15) is 26.0 Å². The van der Waals surface area contributed by atoms with Crippen LogP contribution in [-0.2, 0) is 6.42 Å². The summed E-state index contributed by atoms with van der Waals surface area (Å²) >= 11 is 11.0. The summed E-state index contributed by atoms with van der Waals surface area (Å²) in [6.45, 7) is 5.05. The number of aryl methyl sites for hydroxylation is 1. The van der Waals surface area contributed by atoms with Gasteiger partial charge >= 0.3 is 0 Å². The molecule has 2 rings (SSSR count). The van der Waals surface area contributed by atoms with Gasteiger partial charge in [-0.3, -0.25) is 0 Å². The smallest absolute Gasteiger partial charge is 0.171 e. The van der Waals surface area contributed by atoms with Gasteiger partial charge in [-0.25, -0.2) is 9.97 Å². The third kappa shape index (κ3) is 3.68. The molecule has 3 nitrogen and oxygen atoms in total. The van der Waals surface area contributed by atoms with Crippen LogP contribution in [0.2, 0.25) is 4.34 Å². The van der Waals surface area contributed by atoms with E-state index in [0.717, 1.165) is 50.4 Å². The largest absolute Gasteiger partial charge is 0.370 e. The van der Waals surface area contributed by atoms with Gasteiger partial charge in [-0.05, 0) is 35.3 Å². The Morgan fingerprint density at radius 1 is 1.32 bits per heavy atom. The average Bonchev–Trinajstić information content (AvgIpc) is 2.70. The molecule has 0 aliphatic carbocycles. The van der Waals surface area contributed by atoms with Crippen LogP contribution in [0.15, 0.2) is 16.6 Å². The zero-order valence-corrected chi connectivity index (χ0v) is 14.0. The van der Waals surface area contributed by atoms with Gasteiger partial charge in [-0.1, -0.05) is 24.9 Å². The normalized spacial score (nSPS) is 10.7. The highest BCUT2D eigenvalue weighted by Gasteiger charge is 2.11. The van der Waals surface area contributed by atoms with Crippen LogP contribution >= 0.6 is 38.9 Å². The van der Waals surface area contributed by atoms with Crippen LogP contribution in [0.5, 0.6) is 0 Å². The summed E-state index contributed by atoms with van der Waals surface area (Å²) in [6.07, 6.45) is 2.02. The molecule has 0 aromatic carbocycles. The van der Waals surface area contributed by atoms with Gasteiger partial charge in [-0.2, -0.15) is 0 Å². The summed E-state index contributed by atoms with van der Waals surface area (Å²) in [5.74, 6) is 1.61. The average molecular weight is 361 g/mol. The Bertz CT molecular complexity index is 527. The summed E-state index contributed by atoms with van der Waals surface area (Å²) in [5, 5.41) is 3.25. The van der Waals surface area contributed by atoms with E-state index in [2.05, 4.69) is 45.1 Å². The fraction of sp³-hybridized carbons (Fsp3) is 0.385. The van der Waals surface area contributed by atoms with Gasteiger partial charge in [0, 0.05) is 22.8 Å². The van der Waals surface area contributed by atoms with Crippen molar-refractivity contribution in [1.82, 2.24) is 9.97 Å². The van der Waals surface area contributed by atoms with Crippen LogP contribution in [0.4, 0.5) is 5.82 Å². The van der Waals surface area contributed by atoms with Crippen molar-refractivity contribution >= 4 is 44.7 Å². The first kappa shape index (κ1) is 14.8. The lowest BCUT2D eigenvalue weighted by Crippen LogP contribution is -2.03. The van der Waals surface area contributed by atoms with E-state index in [1.54, 1.807) is 0 Å². The minimum absolute atomic E-state index is 0.726. The summed E-state index contributed by atoms with van der Waals surface area (Å²) in [5.41, 5.74) is 1.06. The van der Waals surface area contributed by atoms with Gasteiger partial charge in [0.05, 0.1) is 4.88 Å². The van der Waals surface area contributed by atoms with E-state index in [4.69, 9.17) is 11.6 Å². The number of hydrogen-bond donors (Lipinski definition) is 1. The molecule has 0 aliphatic heterocycles. The Labute approximate surface area is 130 Å². The zero-order chi connectivity index (χ0) is 13.8. The Balaban J connectivity index is 2.42. The second kappa shape index (κ2) is 6.68. The molecule has 0 saturated heterocycles. The summed E-state index contributed by atoms with van der Waals surface area (Å²) in [4.78, 5) is 10.1. The first-order valence-corrected chi connectivity index (χ1v) is 8.19. The van der Waals surface area contributed by atoms with Crippen LogP contribution in [0, 0.1) is 0 Å².